The fourth-order valence-corrected chi connectivity index (χ4v) is 4.38. The number of hydrogen-bond acceptors (Lipinski definition) is 4. The summed E-state index contributed by atoms with van der Waals surface area (Å²) >= 11 is 0. The Hall–Kier alpha value is -3.68. The van der Waals surface area contributed by atoms with Crippen molar-refractivity contribution in [1.82, 2.24) is 9.47 Å². The molecular weight excluding hydrogens is 408 g/mol. The largest absolute Gasteiger partial charge is 0.347 e. The lowest BCUT2D eigenvalue weighted by Gasteiger charge is -2.24. The molecule has 4 rings (SSSR count). The van der Waals surface area contributed by atoms with E-state index in [2.05, 4.69) is 16.8 Å². The molecule has 0 radical (unpaired) electrons. The molecule has 166 valence electrons. The molecule has 0 bridgehead atoms. The lowest BCUT2D eigenvalue weighted by atomic mass is 10.1. The van der Waals surface area contributed by atoms with E-state index in [9.17, 15) is 19.7 Å². The van der Waals surface area contributed by atoms with E-state index in [0.29, 0.717) is 29.8 Å². The first-order chi connectivity index (χ1) is 15.4. The predicted molar refractivity (Wildman–Crippen MR) is 123 cm³/mol. The summed E-state index contributed by atoms with van der Waals surface area (Å²) in [5.74, 6) is -0.505. The highest BCUT2D eigenvalue weighted by Gasteiger charge is 2.35. The van der Waals surface area contributed by atoms with Crippen molar-refractivity contribution in [3.63, 3.8) is 0 Å². The van der Waals surface area contributed by atoms with E-state index in [1.165, 1.54) is 18.2 Å². The van der Waals surface area contributed by atoms with Crippen LogP contribution < -0.4 is 5.32 Å². The van der Waals surface area contributed by atoms with Crippen LogP contribution in [0.5, 0.6) is 0 Å². The van der Waals surface area contributed by atoms with Gasteiger partial charge in [-0.15, -0.1) is 0 Å². The van der Waals surface area contributed by atoms with Crippen LogP contribution in [0, 0.1) is 17.0 Å². The number of hydrogen-bond donors (Lipinski definition) is 1. The molecule has 1 saturated heterocycles. The number of rotatable bonds is 6. The first-order valence-corrected chi connectivity index (χ1v) is 10.8. The highest BCUT2D eigenvalue weighted by molar-refractivity contribution is 6.02. The number of amides is 2. The van der Waals surface area contributed by atoms with E-state index < -0.39 is 11.0 Å². The van der Waals surface area contributed by atoms with Gasteiger partial charge in [0, 0.05) is 53.1 Å². The van der Waals surface area contributed by atoms with E-state index in [1.54, 1.807) is 11.8 Å². The number of nitrogens with zero attached hydrogens (tertiary/aromatic N) is 3. The van der Waals surface area contributed by atoms with Crippen LogP contribution in [0.1, 0.15) is 42.1 Å². The van der Waals surface area contributed by atoms with Crippen LogP contribution in [0.4, 0.5) is 11.4 Å². The van der Waals surface area contributed by atoms with Gasteiger partial charge in [0.1, 0.15) is 6.04 Å². The molecule has 1 aromatic heterocycles. The molecule has 8 heteroatoms. The molecule has 0 saturated carbocycles. The predicted octanol–water partition coefficient (Wildman–Crippen LogP) is 4.51. The molecule has 3 aromatic rings. The normalized spacial score (nSPS) is 15.8. The van der Waals surface area contributed by atoms with E-state index in [1.807, 2.05) is 30.5 Å². The van der Waals surface area contributed by atoms with E-state index >= 15 is 0 Å². The fraction of sp³-hybridized carbons (Fsp3) is 0.333. The molecule has 0 aliphatic carbocycles. The van der Waals surface area contributed by atoms with E-state index in [4.69, 9.17) is 0 Å². The van der Waals surface area contributed by atoms with Crippen molar-refractivity contribution in [2.75, 3.05) is 11.9 Å². The van der Waals surface area contributed by atoms with Crippen LogP contribution in [0.15, 0.2) is 48.7 Å². The zero-order chi connectivity index (χ0) is 22.8. The summed E-state index contributed by atoms with van der Waals surface area (Å²) in [6.45, 7) is 5.16. The van der Waals surface area contributed by atoms with Crippen LogP contribution in [0.2, 0.25) is 0 Å². The molecule has 1 unspecified atom stereocenters. The van der Waals surface area contributed by atoms with Crippen molar-refractivity contribution in [3.05, 3.63) is 69.9 Å². The van der Waals surface area contributed by atoms with Crippen LogP contribution in [0.25, 0.3) is 10.9 Å². The van der Waals surface area contributed by atoms with Gasteiger partial charge < -0.3 is 14.8 Å². The maximum absolute atomic E-state index is 13.1. The number of aromatic nitrogens is 1. The van der Waals surface area contributed by atoms with E-state index in [0.717, 1.165) is 30.3 Å². The lowest BCUT2D eigenvalue weighted by molar-refractivity contribution is -0.385. The smallest absolute Gasteiger partial charge is 0.272 e. The third-order valence-corrected chi connectivity index (χ3v) is 5.96. The number of nitrogens with one attached hydrogen (secondary N) is 1. The Morgan fingerprint density at radius 2 is 2.00 bits per heavy atom. The van der Waals surface area contributed by atoms with Gasteiger partial charge in [-0.05, 0) is 62.6 Å². The summed E-state index contributed by atoms with van der Waals surface area (Å²) in [5, 5.41) is 15.1. The molecule has 2 heterocycles. The first-order valence-electron chi connectivity index (χ1n) is 10.8. The molecule has 1 aliphatic heterocycles. The number of likely N-dealkylation sites (tertiary alicyclic amines) is 1. The van der Waals surface area contributed by atoms with Gasteiger partial charge in [0.05, 0.1) is 4.92 Å². The number of aryl methyl sites for hydroxylation is 2. The average Bonchev–Trinajstić information content (AvgIpc) is 3.40. The first kappa shape index (κ1) is 21.5. The average molecular weight is 434 g/mol. The summed E-state index contributed by atoms with van der Waals surface area (Å²) < 4.78 is 2.19. The van der Waals surface area contributed by atoms with Crippen LogP contribution in [-0.2, 0) is 11.3 Å². The van der Waals surface area contributed by atoms with Crippen LogP contribution >= 0.6 is 0 Å². The molecule has 8 nitrogen and oxygen atoms in total. The summed E-state index contributed by atoms with van der Waals surface area (Å²) in [4.78, 5) is 38.2. The minimum Gasteiger partial charge on any atom is -0.347 e. The van der Waals surface area contributed by atoms with Crippen molar-refractivity contribution in [2.24, 2.45) is 0 Å². The summed E-state index contributed by atoms with van der Waals surface area (Å²) in [7, 11) is 0. The van der Waals surface area contributed by atoms with Gasteiger partial charge in [0.2, 0.25) is 5.91 Å². The Morgan fingerprint density at radius 3 is 2.72 bits per heavy atom. The molecule has 2 amide bonds. The topological polar surface area (TPSA) is 97.5 Å². The summed E-state index contributed by atoms with van der Waals surface area (Å²) in [6, 6.07) is 11.6. The van der Waals surface area contributed by atoms with Gasteiger partial charge in [-0.3, -0.25) is 19.7 Å². The van der Waals surface area contributed by atoms with E-state index in [-0.39, 0.29) is 17.5 Å². The van der Waals surface area contributed by atoms with Gasteiger partial charge >= 0.3 is 0 Å². The van der Waals surface area contributed by atoms with Crippen molar-refractivity contribution in [3.8, 4) is 0 Å². The maximum Gasteiger partial charge on any atom is 0.272 e. The summed E-state index contributed by atoms with van der Waals surface area (Å²) in [6.07, 6.45) is 4.40. The number of carbonyl (C=O) groups excluding carboxylic acids is 2. The molecule has 2 aromatic carbocycles. The number of nitro benzene ring substituents is 1. The van der Waals surface area contributed by atoms with Crippen LogP contribution in [0.3, 0.4) is 0 Å². The van der Waals surface area contributed by atoms with Gasteiger partial charge in [-0.25, -0.2) is 0 Å². The molecule has 1 atom stereocenters. The molecule has 1 fully saturated rings. The quantitative estimate of drug-likeness (QED) is 0.456. The number of nitro groups is 1. The Labute approximate surface area is 186 Å². The minimum atomic E-state index is -0.571. The lowest BCUT2D eigenvalue weighted by Crippen LogP contribution is -2.43. The Balaban J connectivity index is 1.50. The number of fused-ring (bicyclic) bond motifs is 1. The molecular formula is C24H26N4O4. The fourth-order valence-electron chi connectivity index (χ4n) is 4.38. The van der Waals surface area contributed by atoms with Crippen molar-refractivity contribution in [2.45, 2.75) is 45.7 Å². The Bertz CT molecular complexity index is 1200. The van der Waals surface area contributed by atoms with Crippen molar-refractivity contribution < 1.29 is 14.5 Å². The second-order valence-corrected chi connectivity index (χ2v) is 8.19. The number of anilines is 1. The molecule has 0 spiro atoms. The second-order valence-electron chi connectivity index (χ2n) is 8.19. The molecule has 32 heavy (non-hydrogen) atoms. The third-order valence-electron chi connectivity index (χ3n) is 5.96. The van der Waals surface area contributed by atoms with Gasteiger partial charge in [0.25, 0.3) is 11.6 Å². The minimum absolute atomic E-state index is 0.0274. The van der Waals surface area contributed by atoms with Gasteiger partial charge in [-0.2, -0.15) is 0 Å². The Morgan fingerprint density at radius 1 is 1.19 bits per heavy atom. The monoisotopic (exact) mass is 434 g/mol. The highest BCUT2D eigenvalue weighted by atomic mass is 16.6. The Kier molecular flexibility index (Phi) is 5.94. The standard InChI is InChI=1S/C24H26N4O4/c1-3-11-26-13-10-17-15-19(7-9-21(17)26)25-23(29)22-5-4-12-27(22)24(30)18-6-8-20(28(31)32)16(2)14-18/h6-10,13-15,22H,3-5,11-12H2,1-2H3,(H,25,29). The summed E-state index contributed by atoms with van der Waals surface area (Å²) in [5.41, 5.74) is 2.56. The number of carbonyl (C=O) groups is 2. The van der Waals surface area contributed by atoms with Gasteiger partial charge in [0.15, 0.2) is 0 Å². The number of benzene rings is 2. The van der Waals surface area contributed by atoms with Crippen molar-refractivity contribution in [1.29, 1.82) is 0 Å². The maximum atomic E-state index is 13.1. The highest BCUT2D eigenvalue weighted by Crippen LogP contribution is 2.26. The van der Waals surface area contributed by atoms with Crippen LogP contribution in [-0.4, -0.2) is 38.8 Å². The SMILES string of the molecule is CCCn1ccc2cc(NC(=O)C3CCCN3C(=O)c3ccc([N+](=O)[O-])c(C)c3)ccc21. The third kappa shape index (κ3) is 4.08. The van der Waals surface area contributed by atoms with Gasteiger partial charge in [-0.1, -0.05) is 6.92 Å². The zero-order valence-electron chi connectivity index (χ0n) is 18.2. The van der Waals surface area contributed by atoms with Crippen molar-refractivity contribution >= 4 is 34.1 Å². The molecule has 1 aliphatic rings. The second kappa shape index (κ2) is 8.82. The zero-order valence-corrected chi connectivity index (χ0v) is 18.2. The molecule has 1 N–H and O–H groups in total.